The van der Waals surface area contributed by atoms with Crippen molar-refractivity contribution in [1.82, 2.24) is 4.31 Å². The van der Waals surface area contributed by atoms with Gasteiger partial charge in [-0.1, -0.05) is 24.3 Å². The van der Waals surface area contributed by atoms with E-state index in [4.69, 9.17) is 0 Å². The molecule has 28 heavy (non-hydrogen) atoms. The van der Waals surface area contributed by atoms with E-state index >= 15 is 0 Å². The van der Waals surface area contributed by atoms with Crippen LogP contribution in [0.25, 0.3) is 0 Å². The molecule has 1 aliphatic carbocycles. The Morgan fingerprint density at radius 2 is 1.86 bits per heavy atom. The maximum Gasteiger partial charge on any atom is 0.270 e. The molecular weight excluding hydrogens is 382 g/mol. The summed E-state index contributed by atoms with van der Waals surface area (Å²) >= 11 is 0. The van der Waals surface area contributed by atoms with Crippen LogP contribution >= 0.6 is 0 Å². The number of anilines is 1. The van der Waals surface area contributed by atoms with Gasteiger partial charge in [-0.25, -0.2) is 8.42 Å². The Balaban J connectivity index is 1.76. The maximum atomic E-state index is 13.1. The first-order valence-corrected chi connectivity index (χ1v) is 10.6. The molecule has 2 aromatic carbocycles. The number of hydrogen-bond donors (Lipinski definition) is 2. The van der Waals surface area contributed by atoms with Crippen LogP contribution < -0.4 is 5.32 Å². The lowest BCUT2D eigenvalue weighted by molar-refractivity contribution is -0.385. The summed E-state index contributed by atoms with van der Waals surface area (Å²) in [6.45, 7) is 0.804. The highest BCUT2D eigenvalue weighted by atomic mass is 32.2. The second-order valence-electron chi connectivity index (χ2n) is 7.14. The Bertz CT molecular complexity index is 1020. The number of nitrogens with zero attached hydrogens (tertiary/aromatic N) is 2. The number of nitrogens with one attached hydrogen (secondary N) is 1. The first kappa shape index (κ1) is 18.9. The zero-order valence-electron chi connectivity index (χ0n) is 15.1. The minimum Gasteiger partial charge on any atom is -0.390 e. The minimum absolute atomic E-state index is 0.125. The fraction of sp³-hybridized carbons (Fsp3) is 0.368. The predicted octanol–water partition coefficient (Wildman–Crippen LogP) is 2.45. The van der Waals surface area contributed by atoms with Gasteiger partial charge in [0.25, 0.3) is 5.69 Å². The maximum absolute atomic E-state index is 13.1. The summed E-state index contributed by atoms with van der Waals surface area (Å²) in [7, 11) is -3.88. The van der Waals surface area contributed by atoms with Gasteiger partial charge in [0.05, 0.1) is 22.8 Å². The fourth-order valence-electron chi connectivity index (χ4n) is 3.94. The van der Waals surface area contributed by atoms with Crippen LogP contribution in [-0.4, -0.2) is 41.9 Å². The fourth-order valence-corrected chi connectivity index (χ4v) is 5.63. The van der Waals surface area contributed by atoms with Gasteiger partial charge in [-0.2, -0.15) is 4.31 Å². The number of hydrogen-bond acceptors (Lipinski definition) is 6. The van der Waals surface area contributed by atoms with Crippen molar-refractivity contribution in [3.05, 3.63) is 63.7 Å². The summed E-state index contributed by atoms with van der Waals surface area (Å²) in [5.74, 6) is 0. The average molecular weight is 403 g/mol. The van der Waals surface area contributed by atoms with Crippen LogP contribution in [0.4, 0.5) is 11.4 Å². The van der Waals surface area contributed by atoms with E-state index in [1.54, 1.807) is 0 Å². The van der Waals surface area contributed by atoms with Gasteiger partial charge in [0.15, 0.2) is 0 Å². The molecule has 0 amide bonds. The quantitative estimate of drug-likeness (QED) is 0.586. The van der Waals surface area contributed by atoms with Gasteiger partial charge in [0.1, 0.15) is 4.90 Å². The molecule has 2 aliphatic rings. The van der Waals surface area contributed by atoms with E-state index in [0.29, 0.717) is 19.5 Å². The predicted molar refractivity (Wildman–Crippen MR) is 104 cm³/mol. The lowest BCUT2D eigenvalue weighted by Crippen LogP contribution is -2.29. The Morgan fingerprint density at radius 1 is 1.14 bits per heavy atom. The van der Waals surface area contributed by atoms with Gasteiger partial charge in [-0.3, -0.25) is 10.1 Å². The second-order valence-corrected chi connectivity index (χ2v) is 9.05. The molecule has 1 fully saturated rings. The number of nitro benzene ring substituents is 1. The van der Waals surface area contributed by atoms with Crippen molar-refractivity contribution < 1.29 is 18.4 Å². The van der Waals surface area contributed by atoms with Crippen molar-refractivity contribution in [2.45, 2.75) is 36.3 Å². The Labute approximate surface area is 163 Å². The van der Waals surface area contributed by atoms with E-state index in [9.17, 15) is 23.6 Å². The third-order valence-electron chi connectivity index (χ3n) is 5.37. The lowest BCUT2D eigenvalue weighted by Gasteiger charge is -2.23. The number of non-ortho nitro benzene ring substituents is 1. The molecular formula is C19H21N3O5S. The standard InChI is InChI=1S/C19H21N3O5S/c23-17-11-13-5-1-2-6-15(13)19(17)20-16-8-7-14(22(24)25)12-18(16)28(26,27)21-9-3-4-10-21/h1-2,5-8,12,17,19-20,23H,3-4,9-11H2/t17-,19+/m0/s1. The summed E-state index contributed by atoms with van der Waals surface area (Å²) in [5.41, 5.74) is 1.88. The SMILES string of the molecule is O=[N+]([O-])c1ccc(N[C@@H]2c3ccccc3C[C@@H]2O)c(S(=O)(=O)N2CCCC2)c1. The second kappa shape index (κ2) is 7.16. The van der Waals surface area contributed by atoms with E-state index in [1.807, 2.05) is 24.3 Å². The molecule has 1 aliphatic heterocycles. The van der Waals surface area contributed by atoms with E-state index in [-0.39, 0.29) is 16.3 Å². The highest BCUT2D eigenvalue weighted by Crippen LogP contribution is 2.37. The van der Waals surface area contributed by atoms with E-state index < -0.39 is 27.1 Å². The van der Waals surface area contributed by atoms with E-state index in [1.165, 1.54) is 16.4 Å². The molecule has 0 spiro atoms. The number of rotatable bonds is 5. The Morgan fingerprint density at radius 3 is 2.57 bits per heavy atom. The Hall–Kier alpha value is -2.49. The summed E-state index contributed by atoms with van der Waals surface area (Å²) in [5, 5.41) is 24.8. The molecule has 0 bridgehead atoms. The van der Waals surface area contributed by atoms with Gasteiger partial charge < -0.3 is 10.4 Å². The summed E-state index contributed by atoms with van der Waals surface area (Å²) in [6, 6.07) is 10.9. The molecule has 2 atom stereocenters. The minimum atomic E-state index is -3.88. The molecule has 0 saturated carbocycles. The molecule has 4 rings (SSSR count). The van der Waals surface area contributed by atoms with Gasteiger partial charge in [0, 0.05) is 31.6 Å². The topological polar surface area (TPSA) is 113 Å². The van der Waals surface area contributed by atoms with Crippen LogP contribution in [0.3, 0.4) is 0 Å². The van der Waals surface area contributed by atoms with E-state index in [2.05, 4.69) is 5.32 Å². The summed E-state index contributed by atoms with van der Waals surface area (Å²) in [6.07, 6.45) is 1.29. The number of nitro groups is 1. The smallest absolute Gasteiger partial charge is 0.270 e. The third kappa shape index (κ3) is 3.25. The molecule has 0 aromatic heterocycles. The monoisotopic (exact) mass is 403 g/mol. The first-order chi connectivity index (χ1) is 13.4. The molecule has 1 saturated heterocycles. The van der Waals surface area contributed by atoms with Gasteiger partial charge in [-0.15, -0.1) is 0 Å². The first-order valence-electron chi connectivity index (χ1n) is 9.19. The average Bonchev–Trinajstić information content (AvgIpc) is 3.31. The molecule has 2 aromatic rings. The van der Waals surface area contributed by atoms with Crippen molar-refractivity contribution in [2.24, 2.45) is 0 Å². The molecule has 0 radical (unpaired) electrons. The van der Waals surface area contributed by atoms with Crippen LogP contribution in [-0.2, 0) is 16.4 Å². The van der Waals surface area contributed by atoms with Crippen molar-refractivity contribution in [1.29, 1.82) is 0 Å². The van der Waals surface area contributed by atoms with Crippen molar-refractivity contribution in [3.63, 3.8) is 0 Å². The van der Waals surface area contributed by atoms with Crippen molar-refractivity contribution in [3.8, 4) is 0 Å². The van der Waals surface area contributed by atoms with Crippen LogP contribution in [0.1, 0.15) is 30.0 Å². The van der Waals surface area contributed by atoms with Gasteiger partial charge in [0.2, 0.25) is 10.0 Å². The summed E-state index contributed by atoms with van der Waals surface area (Å²) < 4.78 is 27.6. The highest BCUT2D eigenvalue weighted by molar-refractivity contribution is 7.89. The number of aliphatic hydroxyl groups is 1. The molecule has 148 valence electrons. The molecule has 2 N–H and O–H groups in total. The molecule has 0 unspecified atom stereocenters. The summed E-state index contributed by atoms with van der Waals surface area (Å²) in [4.78, 5) is 10.5. The zero-order valence-corrected chi connectivity index (χ0v) is 15.9. The van der Waals surface area contributed by atoms with Crippen LogP contribution in [0, 0.1) is 10.1 Å². The normalized spacial score (nSPS) is 22.2. The molecule has 8 nitrogen and oxygen atoms in total. The van der Waals surface area contributed by atoms with Crippen LogP contribution in [0.15, 0.2) is 47.4 Å². The van der Waals surface area contributed by atoms with Crippen LogP contribution in [0.5, 0.6) is 0 Å². The third-order valence-corrected chi connectivity index (χ3v) is 7.31. The lowest BCUT2D eigenvalue weighted by atomic mass is 10.1. The number of aliphatic hydroxyl groups excluding tert-OH is 1. The van der Waals surface area contributed by atoms with E-state index in [0.717, 1.165) is 30.0 Å². The Kier molecular flexibility index (Phi) is 4.82. The number of sulfonamides is 1. The number of benzene rings is 2. The van der Waals surface area contributed by atoms with Crippen molar-refractivity contribution in [2.75, 3.05) is 18.4 Å². The number of fused-ring (bicyclic) bond motifs is 1. The van der Waals surface area contributed by atoms with Gasteiger partial charge >= 0.3 is 0 Å². The van der Waals surface area contributed by atoms with Gasteiger partial charge in [-0.05, 0) is 30.0 Å². The molecule has 9 heteroatoms. The van der Waals surface area contributed by atoms with Crippen molar-refractivity contribution >= 4 is 21.4 Å². The molecule has 1 heterocycles. The highest BCUT2D eigenvalue weighted by Gasteiger charge is 2.35. The van der Waals surface area contributed by atoms with Crippen LogP contribution in [0.2, 0.25) is 0 Å². The zero-order chi connectivity index (χ0) is 19.9. The largest absolute Gasteiger partial charge is 0.390 e.